The first kappa shape index (κ1) is 16.4. The van der Waals surface area contributed by atoms with Crippen LogP contribution in [-0.2, 0) is 19.4 Å². The minimum absolute atomic E-state index is 0.145. The number of hydrogen-bond donors (Lipinski definition) is 2. The van der Waals surface area contributed by atoms with Crippen molar-refractivity contribution < 1.29 is 22.3 Å². The van der Waals surface area contributed by atoms with E-state index in [2.05, 4.69) is 5.32 Å². The number of anilines is 1. The predicted molar refractivity (Wildman–Crippen MR) is 72.4 cm³/mol. The first-order chi connectivity index (χ1) is 9.36. The van der Waals surface area contributed by atoms with E-state index in [1.165, 1.54) is 13.2 Å². The summed E-state index contributed by atoms with van der Waals surface area (Å²) in [5, 5.41) is 2.45. The molecule has 112 valence electrons. The van der Waals surface area contributed by atoms with Crippen molar-refractivity contribution in [1.29, 1.82) is 0 Å². The lowest BCUT2D eigenvalue weighted by Gasteiger charge is -2.07. The molecule has 0 heterocycles. The number of nitrogens with two attached hydrogens (primary N) is 1. The fourth-order valence-electron chi connectivity index (χ4n) is 1.45. The van der Waals surface area contributed by atoms with Crippen molar-refractivity contribution in [2.75, 3.05) is 31.7 Å². The molecule has 0 saturated carbocycles. The van der Waals surface area contributed by atoms with Crippen molar-refractivity contribution in [2.24, 2.45) is 0 Å². The summed E-state index contributed by atoms with van der Waals surface area (Å²) in [5.41, 5.74) is 5.12. The Morgan fingerprint density at radius 2 is 2.15 bits per heavy atom. The molecule has 0 saturated heterocycles. The number of amides is 1. The quantitative estimate of drug-likeness (QED) is 0.559. The van der Waals surface area contributed by atoms with Gasteiger partial charge in [0.05, 0.1) is 10.6 Å². The Balaban J connectivity index is 2.65. The molecule has 1 rings (SSSR count). The number of hydrogen-bond acceptors (Lipinski definition) is 5. The number of nitrogen functional groups attached to an aromatic ring is 1. The Morgan fingerprint density at radius 1 is 1.45 bits per heavy atom. The number of halogens is 1. The van der Waals surface area contributed by atoms with Gasteiger partial charge in [-0.3, -0.25) is 4.79 Å². The molecule has 0 aromatic heterocycles. The fraction of sp³-hybridized carbons (Fsp3) is 0.417. The number of nitrogens with one attached hydrogen (secondary N) is 1. The molecule has 8 heteroatoms. The second-order valence-electron chi connectivity index (χ2n) is 4.14. The molecule has 0 aliphatic heterocycles. The molecule has 0 fully saturated rings. The van der Waals surface area contributed by atoms with Gasteiger partial charge in [-0.05, 0) is 24.6 Å². The van der Waals surface area contributed by atoms with Crippen molar-refractivity contribution in [3.05, 3.63) is 24.0 Å². The van der Waals surface area contributed by atoms with Crippen LogP contribution in [0.2, 0.25) is 0 Å². The highest BCUT2D eigenvalue weighted by molar-refractivity contribution is 7.92. The maximum Gasteiger partial charge on any atom is 0.235 e. The van der Waals surface area contributed by atoms with Gasteiger partial charge >= 0.3 is 0 Å². The molecule has 0 radical (unpaired) electrons. The minimum atomic E-state index is -3.88. The first-order valence-electron chi connectivity index (χ1n) is 5.90. The molecule has 0 bridgehead atoms. The van der Waals surface area contributed by atoms with Crippen molar-refractivity contribution in [1.82, 2.24) is 5.32 Å². The smallest absolute Gasteiger partial charge is 0.235 e. The molecule has 0 aliphatic carbocycles. The lowest BCUT2D eigenvalue weighted by atomic mass is 10.3. The van der Waals surface area contributed by atoms with Gasteiger partial charge in [-0.25, -0.2) is 12.8 Å². The average Bonchev–Trinajstić information content (AvgIpc) is 2.37. The monoisotopic (exact) mass is 304 g/mol. The number of rotatable bonds is 7. The lowest BCUT2D eigenvalue weighted by Crippen LogP contribution is -2.31. The summed E-state index contributed by atoms with van der Waals surface area (Å²) in [7, 11) is -2.35. The van der Waals surface area contributed by atoms with Crippen LogP contribution in [0.25, 0.3) is 0 Å². The Hall–Kier alpha value is -1.67. The molecule has 20 heavy (non-hydrogen) atoms. The second kappa shape index (κ2) is 7.20. The summed E-state index contributed by atoms with van der Waals surface area (Å²) in [5.74, 6) is -2.20. The molecular weight excluding hydrogens is 287 g/mol. The number of benzene rings is 1. The van der Waals surface area contributed by atoms with Crippen LogP contribution in [0.15, 0.2) is 23.1 Å². The predicted octanol–water partition coefficient (Wildman–Crippen LogP) is 0.334. The van der Waals surface area contributed by atoms with Crippen LogP contribution in [0.1, 0.15) is 6.42 Å². The van der Waals surface area contributed by atoms with E-state index in [0.717, 1.165) is 12.1 Å². The highest BCUT2D eigenvalue weighted by Gasteiger charge is 2.20. The minimum Gasteiger partial charge on any atom is -0.396 e. The van der Waals surface area contributed by atoms with Gasteiger partial charge in [0.2, 0.25) is 5.91 Å². The van der Waals surface area contributed by atoms with Gasteiger partial charge in [-0.2, -0.15) is 0 Å². The summed E-state index contributed by atoms with van der Waals surface area (Å²) < 4.78 is 41.8. The SMILES string of the molecule is COCCCNC(=O)CS(=O)(=O)c1ccc(N)c(F)c1. The number of sulfone groups is 1. The molecular formula is C12H17FN2O4S. The third kappa shape index (κ3) is 4.78. The zero-order valence-corrected chi connectivity index (χ0v) is 11.9. The number of carbonyl (C=O) groups excluding carboxylic acids is 1. The van der Waals surface area contributed by atoms with Gasteiger partial charge in [-0.1, -0.05) is 0 Å². The van der Waals surface area contributed by atoms with E-state index in [1.54, 1.807) is 0 Å². The normalized spacial score (nSPS) is 11.3. The van der Waals surface area contributed by atoms with E-state index in [9.17, 15) is 17.6 Å². The molecule has 3 N–H and O–H groups in total. The average molecular weight is 304 g/mol. The summed E-state index contributed by atoms with van der Waals surface area (Å²) in [6.07, 6.45) is 0.582. The van der Waals surface area contributed by atoms with E-state index in [0.29, 0.717) is 19.6 Å². The van der Waals surface area contributed by atoms with Gasteiger partial charge < -0.3 is 15.8 Å². The largest absolute Gasteiger partial charge is 0.396 e. The molecule has 0 aliphatic rings. The van der Waals surface area contributed by atoms with Gasteiger partial charge in [-0.15, -0.1) is 0 Å². The highest BCUT2D eigenvalue weighted by atomic mass is 32.2. The molecule has 0 spiro atoms. The maximum atomic E-state index is 13.2. The van der Waals surface area contributed by atoms with Crippen molar-refractivity contribution >= 4 is 21.4 Å². The zero-order valence-electron chi connectivity index (χ0n) is 11.1. The number of ether oxygens (including phenoxy) is 1. The van der Waals surface area contributed by atoms with Crippen LogP contribution in [-0.4, -0.2) is 40.3 Å². The Bertz CT molecular complexity index is 575. The second-order valence-corrected chi connectivity index (χ2v) is 6.13. The molecule has 0 unspecified atom stereocenters. The maximum absolute atomic E-state index is 13.2. The summed E-state index contributed by atoms with van der Waals surface area (Å²) in [6.45, 7) is 0.786. The Morgan fingerprint density at radius 3 is 2.75 bits per heavy atom. The summed E-state index contributed by atoms with van der Waals surface area (Å²) >= 11 is 0. The molecule has 0 atom stereocenters. The van der Waals surface area contributed by atoms with Gasteiger partial charge in [0.1, 0.15) is 11.6 Å². The van der Waals surface area contributed by atoms with Crippen LogP contribution in [0.3, 0.4) is 0 Å². The molecule has 1 aromatic carbocycles. The van der Waals surface area contributed by atoms with E-state index < -0.39 is 27.3 Å². The van der Waals surface area contributed by atoms with Gasteiger partial charge in [0, 0.05) is 20.3 Å². The zero-order chi connectivity index (χ0) is 15.2. The van der Waals surface area contributed by atoms with E-state index in [4.69, 9.17) is 10.5 Å². The van der Waals surface area contributed by atoms with Crippen molar-refractivity contribution in [3.63, 3.8) is 0 Å². The Labute approximate surface area is 117 Å². The first-order valence-corrected chi connectivity index (χ1v) is 7.55. The van der Waals surface area contributed by atoms with Crippen LogP contribution < -0.4 is 11.1 Å². The van der Waals surface area contributed by atoms with E-state index in [1.807, 2.05) is 0 Å². The molecule has 1 aromatic rings. The third-order valence-electron chi connectivity index (χ3n) is 2.50. The van der Waals surface area contributed by atoms with Crippen molar-refractivity contribution in [3.8, 4) is 0 Å². The summed E-state index contributed by atoms with van der Waals surface area (Å²) in [6, 6.07) is 3.13. The van der Waals surface area contributed by atoms with Crippen molar-refractivity contribution in [2.45, 2.75) is 11.3 Å². The van der Waals surface area contributed by atoms with Crippen LogP contribution in [0.4, 0.5) is 10.1 Å². The van der Waals surface area contributed by atoms with Gasteiger partial charge in [0.15, 0.2) is 9.84 Å². The summed E-state index contributed by atoms with van der Waals surface area (Å²) in [4.78, 5) is 11.2. The van der Waals surface area contributed by atoms with Crippen LogP contribution >= 0.6 is 0 Å². The third-order valence-corrected chi connectivity index (χ3v) is 4.11. The lowest BCUT2D eigenvalue weighted by molar-refractivity contribution is -0.118. The van der Waals surface area contributed by atoms with E-state index >= 15 is 0 Å². The molecule has 6 nitrogen and oxygen atoms in total. The van der Waals surface area contributed by atoms with Crippen LogP contribution in [0, 0.1) is 5.82 Å². The number of methoxy groups -OCH3 is 1. The fourth-order valence-corrected chi connectivity index (χ4v) is 2.62. The van der Waals surface area contributed by atoms with Gasteiger partial charge in [0.25, 0.3) is 0 Å². The standard InChI is InChI=1S/C12H17FN2O4S/c1-19-6-2-5-15-12(16)8-20(17,18)9-3-4-11(14)10(13)7-9/h3-4,7H,2,5-6,8,14H2,1H3,(H,15,16). The van der Waals surface area contributed by atoms with Crippen LogP contribution in [0.5, 0.6) is 0 Å². The number of carbonyl (C=O) groups is 1. The highest BCUT2D eigenvalue weighted by Crippen LogP contribution is 2.17. The topological polar surface area (TPSA) is 98.5 Å². The molecule has 1 amide bonds. The van der Waals surface area contributed by atoms with E-state index in [-0.39, 0.29) is 10.6 Å². The Kier molecular flexibility index (Phi) is 5.90.